The number of benzene rings is 1. The zero-order valence-corrected chi connectivity index (χ0v) is 18.2. The largest absolute Gasteiger partial charge is 0.366 e. The van der Waals surface area contributed by atoms with Crippen molar-refractivity contribution in [3.8, 4) is 6.07 Å². The lowest BCUT2D eigenvalue weighted by Crippen LogP contribution is -2.42. The van der Waals surface area contributed by atoms with Crippen LogP contribution >= 0.6 is 0 Å². The summed E-state index contributed by atoms with van der Waals surface area (Å²) in [6.07, 6.45) is 2.34. The zero-order chi connectivity index (χ0) is 21.5. The van der Waals surface area contributed by atoms with Crippen LogP contribution in [0, 0.1) is 18.3 Å². The number of aromatic nitrogens is 2. The fourth-order valence-electron chi connectivity index (χ4n) is 3.64. The molecule has 0 radical (unpaired) electrons. The third kappa shape index (κ3) is 5.45. The molecule has 1 fully saturated rings. The Morgan fingerprint density at radius 2 is 2.10 bits per heavy atom. The first-order valence-corrected chi connectivity index (χ1v) is 10.3. The highest BCUT2D eigenvalue weighted by atomic mass is 15.3. The van der Waals surface area contributed by atoms with E-state index in [4.69, 9.17) is 5.26 Å². The van der Waals surface area contributed by atoms with E-state index in [0.29, 0.717) is 23.5 Å². The molecule has 0 bridgehead atoms. The van der Waals surface area contributed by atoms with Crippen molar-refractivity contribution < 1.29 is 0 Å². The predicted molar refractivity (Wildman–Crippen MR) is 122 cm³/mol. The first kappa shape index (κ1) is 21.5. The van der Waals surface area contributed by atoms with Gasteiger partial charge < -0.3 is 15.1 Å². The molecule has 1 saturated heterocycles. The molecule has 0 amide bonds. The number of hydrogen-bond donors (Lipinski definition) is 2. The van der Waals surface area contributed by atoms with Crippen LogP contribution in [0.4, 0.5) is 17.5 Å². The van der Waals surface area contributed by atoms with Crippen molar-refractivity contribution in [2.24, 2.45) is 4.99 Å². The molecular formula is C22H30N8. The molecule has 1 aromatic heterocycles. The van der Waals surface area contributed by atoms with Gasteiger partial charge in [0, 0.05) is 44.1 Å². The zero-order valence-electron chi connectivity index (χ0n) is 18.2. The number of likely N-dealkylation sites (N-methyl/N-ethyl adjacent to an activating group) is 1. The van der Waals surface area contributed by atoms with Gasteiger partial charge in [-0.15, -0.1) is 0 Å². The van der Waals surface area contributed by atoms with Crippen molar-refractivity contribution in [3.63, 3.8) is 0 Å². The first-order valence-electron chi connectivity index (χ1n) is 10.3. The number of rotatable bonds is 5. The summed E-state index contributed by atoms with van der Waals surface area (Å²) in [7, 11) is 3.63. The smallest absolute Gasteiger partial charge is 0.231 e. The highest BCUT2D eigenvalue weighted by Crippen LogP contribution is 2.18. The SMILES string of the molecule is CCN1CCCC(Nc2cc(C)nc(NC(=NC)N(C)c3ccc(C#N)cc3)n2)C1. The summed E-state index contributed by atoms with van der Waals surface area (Å²) in [5.41, 5.74) is 2.42. The predicted octanol–water partition coefficient (Wildman–Crippen LogP) is 3.09. The van der Waals surface area contributed by atoms with Crippen LogP contribution in [0.15, 0.2) is 35.3 Å². The summed E-state index contributed by atoms with van der Waals surface area (Å²) in [5.74, 6) is 1.94. The third-order valence-electron chi connectivity index (χ3n) is 5.30. The minimum Gasteiger partial charge on any atom is -0.366 e. The van der Waals surface area contributed by atoms with E-state index in [2.05, 4.69) is 43.5 Å². The molecule has 8 nitrogen and oxygen atoms in total. The van der Waals surface area contributed by atoms with Gasteiger partial charge in [-0.3, -0.25) is 10.3 Å². The Bertz CT molecular complexity index is 916. The van der Waals surface area contributed by atoms with E-state index in [1.54, 1.807) is 19.2 Å². The van der Waals surface area contributed by atoms with Gasteiger partial charge in [-0.2, -0.15) is 10.2 Å². The van der Waals surface area contributed by atoms with Gasteiger partial charge in [0.25, 0.3) is 0 Å². The van der Waals surface area contributed by atoms with Crippen molar-refractivity contribution in [2.75, 3.05) is 49.3 Å². The average molecular weight is 407 g/mol. The average Bonchev–Trinajstić information content (AvgIpc) is 2.76. The summed E-state index contributed by atoms with van der Waals surface area (Å²) in [5, 5.41) is 15.8. The van der Waals surface area contributed by atoms with Gasteiger partial charge in [-0.05, 0) is 57.1 Å². The van der Waals surface area contributed by atoms with E-state index < -0.39 is 0 Å². The Kier molecular flexibility index (Phi) is 7.20. The Labute approximate surface area is 178 Å². The summed E-state index contributed by atoms with van der Waals surface area (Å²) < 4.78 is 0. The third-order valence-corrected chi connectivity index (χ3v) is 5.30. The molecule has 2 N–H and O–H groups in total. The fraction of sp³-hybridized carbons (Fsp3) is 0.455. The van der Waals surface area contributed by atoms with Gasteiger partial charge in [-0.25, -0.2) is 4.98 Å². The number of nitriles is 1. The highest BCUT2D eigenvalue weighted by molar-refractivity contribution is 6.04. The lowest BCUT2D eigenvalue weighted by molar-refractivity contribution is 0.226. The molecule has 0 spiro atoms. The van der Waals surface area contributed by atoms with E-state index in [1.807, 2.05) is 37.1 Å². The molecule has 0 aliphatic carbocycles. The van der Waals surface area contributed by atoms with Crippen LogP contribution in [0.1, 0.15) is 31.0 Å². The molecule has 8 heteroatoms. The van der Waals surface area contributed by atoms with Crippen molar-refractivity contribution in [1.29, 1.82) is 5.26 Å². The number of nitrogens with zero attached hydrogens (tertiary/aromatic N) is 6. The number of piperidine rings is 1. The van der Waals surface area contributed by atoms with Gasteiger partial charge >= 0.3 is 0 Å². The topological polar surface area (TPSA) is 92.5 Å². The van der Waals surface area contributed by atoms with Crippen LogP contribution in [-0.4, -0.2) is 60.6 Å². The molecular weight excluding hydrogens is 376 g/mol. The normalized spacial score (nSPS) is 17.3. The van der Waals surface area contributed by atoms with Gasteiger partial charge in [0.2, 0.25) is 11.9 Å². The van der Waals surface area contributed by atoms with Crippen LogP contribution in [0.5, 0.6) is 0 Å². The van der Waals surface area contributed by atoms with Crippen LogP contribution in [0.25, 0.3) is 0 Å². The van der Waals surface area contributed by atoms with Gasteiger partial charge in [0.05, 0.1) is 11.6 Å². The van der Waals surface area contributed by atoms with E-state index in [-0.39, 0.29) is 0 Å². The Morgan fingerprint density at radius 3 is 2.77 bits per heavy atom. The quantitative estimate of drug-likeness (QED) is 0.582. The number of guanidine groups is 1. The lowest BCUT2D eigenvalue weighted by Gasteiger charge is -2.32. The van der Waals surface area contributed by atoms with Crippen molar-refractivity contribution >= 4 is 23.4 Å². The van der Waals surface area contributed by atoms with Gasteiger partial charge in [0.15, 0.2) is 0 Å². The maximum absolute atomic E-state index is 8.99. The van der Waals surface area contributed by atoms with E-state index in [9.17, 15) is 0 Å². The second-order valence-electron chi connectivity index (χ2n) is 7.48. The molecule has 158 valence electrons. The van der Waals surface area contributed by atoms with E-state index in [1.165, 1.54) is 13.0 Å². The van der Waals surface area contributed by atoms with E-state index >= 15 is 0 Å². The molecule has 1 atom stereocenters. The maximum Gasteiger partial charge on any atom is 0.231 e. The number of likely N-dealkylation sites (tertiary alicyclic amines) is 1. The molecule has 2 aromatic rings. The van der Waals surface area contributed by atoms with Gasteiger partial charge in [0.1, 0.15) is 5.82 Å². The number of aryl methyl sites for hydroxylation is 1. The summed E-state index contributed by atoms with van der Waals surface area (Å²) in [6.45, 7) is 7.44. The molecule has 2 heterocycles. The van der Waals surface area contributed by atoms with Crippen LogP contribution in [0.3, 0.4) is 0 Å². The van der Waals surface area contributed by atoms with Crippen molar-refractivity contribution in [1.82, 2.24) is 14.9 Å². The van der Waals surface area contributed by atoms with Gasteiger partial charge in [-0.1, -0.05) is 6.92 Å². The van der Waals surface area contributed by atoms with Crippen LogP contribution in [-0.2, 0) is 0 Å². The second-order valence-corrected chi connectivity index (χ2v) is 7.48. The number of hydrogen-bond acceptors (Lipinski definition) is 6. The summed E-state index contributed by atoms with van der Waals surface area (Å²) in [4.78, 5) is 17.9. The summed E-state index contributed by atoms with van der Waals surface area (Å²) >= 11 is 0. The van der Waals surface area contributed by atoms with E-state index in [0.717, 1.165) is 36.7 Å². The molecule has 1 aromatic carbocycles. The Balaban J connectivity index is 1.72. The van der Waals surface area contributed by atoms with Crippen molar-refractivity contribution in [3.05, 3.63) is 41.6 Å². The monoisotopic (exact) mass is 406 g/mol. The maximum atomic E-state index is 8.99. The first-order chi connectivity index (χ1) is 14.5. The number of nitrogens with one attached hydrogen (secondary N) is 2. The second kappa shape index (κ2) is 10.0. The summed E-state index contributed by atoms with van der Waals surface area (Å²) in [6, 6.07) is 11.8. The minimum absolute atomic E-state index is 0.390. The lowest BCUT2D eigenvalue weighted by atomic mass is 10.1. The van der Waals surface area contributed by atoms with Crippen molar-refractivity contribution in [2.45, 2.75) is 32.7 Å². The number of aliphatic imine (C=N–C) groups is 1. The molecule has 1 aliphatic rings. The molecule has 1 unspecified atom stereocenters. The Morgan fingerprint density at radius 1 is 1.33 bits per heavy atom. The standard InChI is InChI=1S/C22H30N8/c1-5-30-12-6-7-18(15-30)26-20-13-16(2)25-21(27-20)28-22(24-3)29(4)19-10-8-17(14-23)9-11-19/h8-11,13,18H,5-7,12,15H2,1-4H3,(H2,24,25,26,27,28). The van der Waals surface area contributed by atoms with Crippen LogP contribution < -0.4 is 15.5 Å². The molecule has 1 aliphatic heterocycles. The molecule has 3 rings (SSSR count). The van der Waals surface area contributed by atoms with Crippen LogP contribution in [0.2, 0.25) is 0 Å². The highest BCUT2D eigenvalue weighted by Gasteiger charge is 2.19. The fourth-order valence-corrected chi connectivity index (χ4v) is 3.64. The minimum atomic E-state index is 0.390. The number of anilines is 3. The molecule has 30 heavy (non-hydrogen) atoms. The molecule has 0 saturated carbocycles. The Hall–Kier alpha value is -3.18.